The molecular formula is C8H15ClN2O4. The van der Waals surface area contributed by atoms with Crippen LogP contribution in [-0.4, -0.2) is 35.0 Å². The van der Waals surface area contributed by atoms with Gasteiger partial charge in [-0.15, -0.1) is 11.6 Å². The lowest BCUT2D eigenvalue weighted by molar-refractivity contribution is -0.144. The number of halogens is 1. The van der Waals surface area contributed by atoms with E-state index in [1.807, 2.05) is 0 Å². The zero-order valence-corrected chi connectivity index (χ0v) is 9.16. The zero-order chi connectivity index (χ0) is 11.8. The lowest BCUT2D eigenvalue weighted by atomic mass is 10.1. The predicted molar refractivity (Wildman–Crippen MR) is 54.3 cm³/mol. The van der Waals surface area contributed by atoms with Crippen molar-refractivity contribution in [3.8, 4) is 0 Å². The third-order valence-corrected chi connectivity index (χ3v) is 1.64. The summed E-state index contributed by atoms with van der Waals surface area (Å²) in [5.74, 6) is -1.65. The van der Waals surface area contributed by atoms with Gasteiger partial charge in [-0.25, -0.2) is 0 Å². The quantitative estimate of drug-likeness (QED) is 0.403. The Morgan fingerprint density at radius 3 is 2.60 bits per heavy atom. The minimum Gasteiger partial charge on any atom is -0.480 e. The van der Waals surface area contributed by atoms with Crippen molar-refractivity contribution in [1.29, 1.82) is 0 Å². The fraction of sp³-hybridized carbons (Fsp3) is 0.750. The van der Waals surface area contributed by atoms with Crippen molar-refractivity contribution in [1.82, 2.24) is 5.48 Å². The first-order chi connectivity index (χ1) is 6.93. The van der Waals surface area contributed by atoms with Crippen LogP contribution in [0.1, 0.15) is 19.8 Å². The molecule has 1 amide bonds. The zero-order valence-electron chi connectivity index (χ0n) is 8.40. The first kappa shape index (κ1) is 14.2. The fourth-order valence-electron chi connectivity index (χ4n) is 0.783. The molecule has 0 heterocycles. The number of carboxylic acid groups (broad SMARTS) is 1. The molecule has 0 aliphatic carbocycles. The van der Waals surface area contributed by atoms with E-state index in [1.54, 1.807) is 6.92 Å². The summed E-state index contributed by atoms with van der Waals surface area (Å²) < 4.78 is 0. The van der Waals surface area contributed by atoms with Crippen molar-refractivity contribution in [3.63, 3.8) is 0 Å². The second kappa shape index (κ2) is 7.44. The molecule has 0 bridgehead atoms. The van der Waals surface area contributed by atoms with Crippen LogP contribution in [0.25, 0.3) is 0 Å². The number of primary amides is 1. The van der Waals surface area contributed by atoms with Gasteiger partial charge in [0.2, 0.25) is 5.91 Å². The van der Waals surface area contributed by atoms with E-state index in [-0.39, 0.29) is 24.8 Å². The molecule has 0 aliphatic heterocycles. The Morgan fingerprint density at radius 2 is 2.20 bits per heavy atom. The molecule has 0 aliphatic rings. The summed E-state index contributed by atoms with van der Waals surface area (Å²) in [6.07, 6.45) is 0.0745. The van der Waals surface area contributed by atoms with Gasteiger partial charge >= 0.3 is 5.97 Å². The molecule has 7 heteroatoms. The smallest absolute Gasteiger partial charge is 0.323 e. The second-order valence-electron chi connectivity index (χ2n) is 3.11. The number of hydroxylamine groups is 1. The largest absolute Gasteiger partial charge is 0.480 e. The molecular weight excluding hydrogens is 224 g/mol. The van der Waals surface area contributed by atoms with E-state index >= 15 is 0 Å². The number of carbonyl (C=O) groups is 2. The van der Waals surface area contributed by atoms with Crippen molar-refractivity contribution in [2.45, 2.75) is 31.2 Å². The summed E-state index contributed by atoms with van der Waals surface area (Å²) in [5.41, 5.74) is 7.21. The van der Waals surface area contributed by atoms with Crippen LogP contribution in [0.15, 0.2) is 0 Å². The Kier molecular flexibility index (Phi) is 7.02. The fourth-order valence-corrected chi connectivity index (χ4v) is 0.846. The number of aliphatic carboxylic acids is 1. The summed E-state index contributed by atoms with van der Waals surface area (Å²) in [6, 6.07) is -0.951. The van der Waals surface area contributed by atoms with Crippen molar-refractivity contribution in [2.75, 3.05) is 6.61 Å². The minimum absolute atomic E-state index is 0.0102. The second-order valence-corrected chi connectivity index (χ2v) is 3.85. The Hall–Kier alpha value is -0.850. The van der Waals surface area contributed by atoms with E-state index in [0.29, 0.717) is 0 Å². The lowest BCUT2D eigenvalue weighted by Gasteiger charge is -2.13. The van der Waals surface area contributed by atoms with Crippen molar-refractivity contribution in [2.24, 2.45) is 5.73 Å². The number of nitrogens with two attached hydrogens (primary N) is 1. The Labute approximate surface area is 92.7 Å². The molecule has 1 unspecified atom stereocenters. The van der Waals surface area contributed by atoms with Gasteiger partial charge in [0.1, 0.15) is 6.04 Å². The number of hydrogen-bond donors (Lipinski definition) is 3. The van der Waals surface area contributed by atoms with E-state index < -0.39 is 17.9 Å². The molecule has 0 saturated heterocycles. The molecule has 88 valence electrons. The highest BCUT2D eigenvalue weighted by Gasteiger charge is 2.18. The third kappa shape index (κ3) is 8.17. The number of alkyl halides is 1. The third-order valence-electron chi connectivity index (χ3n) is 1.52. The Balaban J connectivity index is 3.84. The topological polar surface area (TPSA) is 102 Å². The number of hydrogen-bond acceptors (Lipinski definition) is 4. The monoisotopic (exact) mass is 238 g/mol. The average Bonchev–Trinajstić information content (AvgIpc) is 2.09. The number of carbonyl (C=O) groups excluding carboxylic acids is 1. The van der Waals surface area contributed by atoms with Gasteiger partial charge in [0.15, 0.2) is 0 Å². The normalized spacial score (nSPS) is 14.5. The standard InChI is InChI=1S/C8H15ClN2O4/c1-5(9)4-15-11-6(8(13)14)2-3-7(10)12/h5-6,11H,2-4H2,1H3,(H2,10,12)(H,13,14)/t5?,6-/m0/s1. The first-order valence-corrected chi connectivity index (χ1v) is 4.89. The van der Waals surface area contributed by atoms with Gasteiger partial charge in [0.05, 0.1) is 12.0 Å². The van der Waals surface area contributed by atoms with Gasteiger partial charge in [0, 0.05) is 6.42 Å². The van der Waals surface area contributed by atoms with Crippen molar-refractivity contribution < 1.29 is 19.5 Å². The molecule has 0 aromatic rings. The van der Waals surface area contributed by atoms with Crippen LogP contribution in [0.4, 0.5) is 0 Å². The van der Waals surface area contributed by atoms with Crippen LogP contribution in [0, 0.1) is 0 Å². The van der Waals surface area contributed by atoms with Gasteiger partial charge in [0.25, 0.3) is 0 Å². The average molecular weight is 239 g/mol. The minimum atomic E-state index is -1.10. The van der Waals surface area contributed by atoms with Crippen LogP contribution in [-0.2, 0) is 14.4 Å². The molecule has 4 N–H and O–H groups in total. The number of amides is 1. The number of carboxylic acids is 1. The molecule has 0 aromatic heterocycles. The van der Waals surface area contributed by atoms with E-state index in [0.717, 1.165) is 0 Å². The van der Waals surface area contributed by atoms with Crippen molar-refractivity contribution >= 4 is 23.5 Å². The summed E-state index contributed by atoms with van der Waals surface area (Å²) in [6.45, 7) is 1.89. The molecule has 6 nitrogen and oxygen atoms in total. The van der Waals surface area contributed by atoms with Gasteiger partial charge in [-0.3, -0.25) is 14.4 Å². The SMILES string of the molecule is CC(Cl)CON[C@@H](CCC(N)=O)C(=O)O. The maximum Gasteiger partial charge on any atom is 0.323 e. The molecule has 2 atom stereocenters. The molecule has 0 radical (unpaired) electrons. The van der Waals surface area contributed by atoms with Crippen LogP contribution in [0.5, 0.6) is 0 Å². The van der Waals surface area contributed by atoms with E-state index in [2.05, 4.69) is 5.48 Å². The summed E-state index contributed by atoms with van der Waals surface area (Å²) in [5, 5.41) is 8.50. The maximum absolute atomic E-state index is 10.7. The van der Waals surface area contributed by atoms with Gasteiger partial charge in [-0.1, -0.05) is 0 Å². The van der Waals surface area contributed by atoms with E-state index in [9.17, 15) is 9.59 Å². The molecule has 0 aromatic carbocycles. The number of nitrogens with one attached hydrogen (secondary N) is 1. The highest BCUT2D eigenvalue weighted by atomic mass is 35.5. The summed E-state index contributed by atoms with van der Waals surface area (Å²) in [7, 11) is 0. The van der Waals surface area contributed by atoms with Crippen LogP contribution < -0.4 is 11.2 Å². The first-order valence-electron chi connectivity index (χ1n) is 4.46. The van der Waals surface area contributed by atoms with Crippen LogP contribution >= 0.6 is 11.6 Å². The Morgan fingerprint density at radius 1 is 1.60 bits per heavy atom. The summed E-state index contributed by atoms with van der Waals surface area (Å²) in [4.78, 5) is 25.9. The molecule has 0 spiro atoms. The summed E-state index contributed by atoms with van der Waals surface area (Å²) >= 11 is 5.58. The highest BCUT2D eigenvalue weighted by Crippen LogP contribution is 1.99. The molecule has 0 fully saturated rings. The van der Waals surface area contributed by atoms with Gasteiger partial charge in [-0.05, 0) is 13.3 Å². The lowest BCUT2D eigenvalue weighted by Crippen LogP contribution is -2.38. The van der Waals surface area contributed by atoms with Crippen molar-refractivity contribution in [3.05, 3.63) is 0 Å². The van der Waals surface area contributed by atoms with E-state index in [1.165, 1.54) is 0 Å². The van der Waals surface area contributed by atoms with Gasteiger partial charge < -0.3 is 10.8 Å². The Bertz CT molecular complexity index is 223. The van der Waals surface area contributed by atoms with Gasteiger partial charge in [-0.2, -0.15) is 5.48 Å². The van der Waals surface area contributed by atoms with E-state index in [4.69, 9.17) is 27.3 Å². The van der Waals surface area contributed by atoms with Crippen LogP contribution in [0.3, 0.4) is 0 Å². The maximum atomic E-state index is 10.7. The molecule has 0 rings (SSSR count). The number of rotatable bonds is 8. The predicted octanol–water partition coefficient (Wildman–Crippen LogP) is -0.146. The molecule has 0 saturated carbocycles. The van der Waals surface area contributed by atoms with Crippen LogP contribution in [0.2, 0.25) is 0 Å². The highest BCUT2D eigenvalue weighted by molar-refractivity contribution is 6.20. The molecule has 15 heavy (non-hydrogen) atoms.